The average Bonchev–Trinajstić information content (AvgIpc) is 3.41. The maximum atomic E-state index is 12.7. The van der Waals surface area contributed by atoms with E-state index in [0.29, 0.717) is 23.0 Å². The first-order valence-corrected chi connectivity index (χ1v) is 10.9. The van der Waals surface area contributed by atoms with E-state index in [2.05, 4.69) is 10.3 Å². The first-order chi connectivity index (χ1) is 14.2. The molecule has 2 aliphatic rings. The predicted octanol–water partition coefficient (Wildman–Crippen LogP) is 2.65. The van der Waals surface area contributed by atoms with Crippen molar-refractivity contribution >= 4 is 23.4 Å². The monoisotopic (exact) mass is 415 g/mol. The number of methoxy groups -OCH3 is 1. The van der Waals surface area contributed by atoms with Crippen molar-refractivity contribution < 1.29 is 14.3 Å². The van der Waals surface area contributed by atoms with Crippen molar-refractivity contribution in [3.8, 4) is 5.75 Å². The van der Waals surface area contributed by atoms with E-state index in [4.69, 9.17) is 9.47 Å². The summed E-state index contributed by atoms with van der Waals surface area (Å²) in [6.07, 6.45) is 4.91. The van der Waals surface area contributed by atoms with Crippen LogP contribution in [0.2, 0.25) is 0 Å². The summed E-state index contributed by atoms with van der Waals surface area (Å²) in [5, 5.41) is 3.54. The second-order valence-corrected chi connectivity index (χ2v) is 8.23. The molecule has 1 atom stereocenters. The average molecular weight is 416 g/mol. The van der Waals surface area contributed by atoms with Gasteiger partial charge < -0.3 is 14.8 Å². The third kappa shape index (κ3) is 4.48. The lowest BCUT2D eigenvalue weighted by atomic mass is 10.2. The second-order valence-electron chi connectivity index (χ2n) is 7.26. The maximum Gasteiger partial charge on any atom is 0.348 e. The second kappa shape index (κ2) is 9.00. The number of rotatable bonds is 7. The number of amides is 1. The Balaban J connectivity index is 1.46. The van der Waals surface area contributed by atoms with E-state index in [-0.39, 0.29) is 23.5 Å². The summed E-state index contributed by atoms with van der Waals surface area (Å²) in [4.78, 5) is 29.4. The third-order valence-electron chi connectivity index (χ3n) is 5.33. The summed E-state index contributed by atoms with van der Waals surface area (Å²) in [5.41, 5.74) is 2.56. The van der Waals surface area contributed by atoms with Crippen LogP contribution >= 0.6 is 11.8 Å². The number of ether oxygens (including phenoxy) is 2. The van der Waals surface area contributed by atoms with Gasteiger partial charge in [0.25, 0.3) is 0 Å². The lowest BCUT2D eigenvalue weighted by Gasteiger charge is -2.17. The van der Waals surface area contributed by atoms with Crippen molar-refractivity contribution in [3.05, 3.63) is 46.0 Å². The van der Waals surface area contributed by atoms with Crippen LogP contribution in [0.3, 0.4) is 0 Å². The minimum atomic E-state index is -0.242. The van der Waals surface area contributed by atoms with Gasteiger partial charge >= 0.3 is 5.69 Å². The third-order valence-corrected chi connectivity index (χ3v) is 6.35. The molecular weight excluding hydrogens is 390 g/mol. The van der Waals surface area contributed by atoms with Crippen LogP contribution in [0.4, 0.5) is 5.69 Å². The fraction of sp³-hybridized carbons (Fsp3) is 0.476. The first kappa shape index (κ1) is 20.0. The fourth-order valence-electron chi connectivity index (χ4n) is 3.95. The molecule has 1 N–H and O–H groups in total. The van der Waals surface area contributed by atoms with E-state index in [1.54, 1.807) is 23.8 Å². The standard InChI is InChI=1S/C21H25N3O4S/c1-27-18-10-3-2-8-16(18)22-19(25)13-29-20-15-7-4-9-17(15)24(21(26)23-20)12-14-6-5-11-28-14/h2-3,8,10,14H,4-7,9,11-13H2,1H3,(H,22,25). The van der Waals surface area contributed by atoms with Crippen molar-refractivity contribution in [2.45, 2.75) is 49.8 Å². The van der Waals surface area contributed by atoms with Crippen LogP contribution in [0.5, 0.6) is 5.75 Å². The molecule has 1 fully saturated rings. The molecule has 4 rings (SSSR count). The highest BCUT2D eigenvalue weighted by atomic mass is 32.2. The highest BCUT2D eigenvalue weighted by molar-refractivity contribution is 8.00. The number of hydrogen-bond donors (Lipinski definition) is 1. The van der Waals surface area contributed by atoms with Gasteiger partial charge in [0.05, 0.1) is 31.2 Å². The van der Waals surface area contributed by atoms with Crippen LogP contribution in [0.15, 0.2) is 34.1 Å². The summed E-state index contributed by atoms with van der Waals surface area (Å²) >= 11 is 1.32. The van der Waals surface area contributed by atoms with Crippen LogP contribution in [0, 0.1) is 0 Å². The summed E-state index contributed by atoms with van der Waals surface area (Å²) in [5.74, 6) is 0.644. The van der Waals surface area contributed by atoms with Gasteiger partial charge in [0.2, 0.25) is 5.91 Å². The van der Waals surface area contributed by atoms with Gasteiger partial charge in [-0.2, -0.15) is 4.98 Å². The number of para-hydroxylation sites is 2. The summed E-state index contributed by atoms with van der Waals surface area (Å²) < 4.78 is 12.8. The Kier molecular flexibility index (Phi) is 6.20. The minimum absolute atomic E-state index is 0.101. The Hall–Kier alpha value is -2.32. The lowest BCUT2D eigenvalue weighted by Crippen LogP contribution is -2.31. The van der Waals surface area contributed by atoms with E-state index >= 15 is 0 Å². The molecule has 1 aliphatic heterocycles. The summed E-state index contributed by atoms with van der Waals surface area (Å²) in [6.45, 7) is 1.34. The number of carbonyl (C=O) groups is 1. The Bertz CT molecular complexity index is 953. The largest absolute Gasteiger partial charge is 0.495 e. The number of thioether (sulfide) groups is 1. The molecule has 0 bridgehead atoms. The van der Waals surface area contributed by atoms with Gasteiger partial charge in [-0.25, -0.2) is 4.79 Å². The Morgan fingerprint density at radius 1 is 1.34 bits per heavy atom. The van der Waals surface area contributed by atoms with Crippen LogP contribution < -0.4 is 15.7 Å². The quantitative estimate of drug-likeness (QED) is 0.553. The van der Waals surface area contributed by atoms with E-state index < -0.39 is 0 Å². The van der Waals surface area contributed by atoms with E-state index in [1.807, 2.05) is 12.1 Å². The topological polar surface area (TPSA) is 82.5 Å². The molecule has 0 spiro atoms. The van der Waals surface area contributed by atoms with Gasteiger partial charge in [-0.1, -0.05) is 23.9 Å². The number of carbonyl (C=O) groups excluding carboxylic acids is 1. The molecule has 1 amide bonds. The number of nitrogens with one attached hydrogen (secondary N) is 1. The van der Waals surface area contributed by atoms with Gasteiger partial charge in [-0.05, 0) is 44.2 Å². The lowest BCUT2D eigenvalue weighted by molar-refractivity contribution is -0.113. The number of benzene rings is 1. The zero-order chi connectivity index (χ0) is 20.2. The molecule has 29 heavy (non-hydrogen) atoms. The maximum absolute atomic E-state index is 12.7. The summed E-state index contributed by atoms with van der Waals surface area (Å²) in [6, 6.07) is 7.28. The molecule has 1 aliphatic carbocycles. The number of aromatic nitrogens is 2. The Labute approximate surface area is 173 Å². The van der Waals surface area contributed by atoms with Gasteiger partial charge in [-0.3, -0.25) is 9.36 Å². The zero-order valence-electron chi connectivity index (χ0n) is 16.5. The number of hydrogen-bond acceptors (Lipinski definition) is 6. The molecule has 1 aromatic carbocycles. The van der Waals surface area contributed by atoms with E-state index in [1.165, 1.54) is 11.8 Å². The molecule has 0 radical (unpaired) electrons. The molecule has 2 aromatic rings. The minimum Gasteiger partial charge on any atom is -0.495 e. The SMILES string of the molecule is COc1ccccc1NC(=O)CSc1nc(=O)n(CC2CCCO2)c2c1CCC2. The van der Waals surface area contributed by atoms with Gasteiger partial charge in [0.15, 0.2) is 0 Å². The Morgan fingerprint density at radius 3 is 3.00 bits per heavy atom. The van der Waals surface area contributed by atoms with Crippen molar-refractivity contribution in [1.82, 2.24) is 9.55 Å². The molecule has 7 nitrogen and oxygen atoms in total. The van der Waals surface area contributed by atoms with Crippen molar-refractivity contribution in [2.75, 3.05) is 24.8 Å². The van der Waals surface area contributed by atoms with E-state index in [0.717, 1.165) is 50.0 Å². The molecule has 0 saturated carbocycles. The van der Waals surface area contributed by atoms with Gasteiger partial charge in [0.1, 0.15) is 10.8 Å². The summed E-state index contributed by atoms with van der Waals surface area (Å²) in [7, 11) is 1.57. The van der Waals surface area contributed by atoms with Gasteiger partial charge in [-0.15, -0.1) is 0 Å². The van der Waals surface area contributed by atoms with Crippen molar-refractivity contribution in [1.29, 1.82) is 0 Å². The van der Waals surface area contributed by atoms with Crippen molar-refractivity contribution in [2.24, 2.45) is 0 Å². The highest BCUT2D eigenvalue weighted by Gasteiger charge is 2.25. The molecule has 1 saturated heterocycles. The van der Waals surface area contributed by atoms with E-state index in [9.17, 15) is 9.59 Å². The van der Waals surface area contributed by atoms with Crippen LogP contribution in [-0.4, -0.2) is 41.0 Å². The number of anilines is 1. The molecule has 1 unspecified atom stereocenters. The van der Waals surface area contributed by atoms with Crippen molar-refractivity contribution in [3.63, 3.8) is 0 Å². The van der Waals surface area contributed by atoms with Crippen LogP contribution in [-0.2, 0) is 28.9 Å². The molecule has 2 heterocycles. The molecule has 154 valence electrons. The Morgan fingerprint density at radius 2 is 2.21 bits per heavy atom. The first-order valence-electron chi connectivity index (χ1n) is 9.95. The van der Waals surface area contributed by atoms with Gasteiger partial charge in [0, 0.05) is 17.9 Å². The normalized spacial score (nSPS) is 17.9. The smallest absolute Gasteiger partial charge is 0.348 e. The fourth-order valence-corrected chi connectivity index (χ4v) is 4.83. The predicted molar refractivity (Wildman–Crippen MR) is 112 cm³/mol. The molecule has 8 heteroatoms. The molecule has 1 aromatic heterocycles. The highest BCUT2D eigenvalue weighted by Crippen LogP contribution is 2.30. The zero-order valence-corrected chi connectivity index (χ0v) is 17.3. The van der Waals surface area contributed by atoms with Crippen LogP contribution in [0.1, 0.15) is 30.5 Å². The number of nitrogens with zero attached hydrogens (tertiary/aromatic N) is 2. The van der Waals surface area contributed by atoms with Crippen LogP contribution in [0.25, 0.3) is 0 Å². The molecular formula is C21H25N3O4S. The number of fused-ring (bicyclic) bond motifs is 1.